The van der Waals surface area contributed by atoms with Crippen LogP contribution in [0.2, 0.25) is 0 Å². The van der Waals surface area contributed by atoms with E-state index in [2.05, 4.69) is 88.9 Å². The molecule has 2 unspecified atom stereocenters. The fraction of sp³-hybridized carbons (Fsp3) is 0.400. The van der Waals surface area contributed by atoms with Crippen LogP contribution in [-0.2, 0) is 10.2 Å². The summed E-state index contributed by atoms with van der Waals surface area (Å²) in [6, 6.07) is 19.7. The van der Waals surface area contributed by atoms with E-state index in [9.17, 15) is 4.79 Å². The standard InChI is InChI=1S/C25H32O/c1-6-24(26)18-19(2)12-13-20(3)21-14-16-23(17-15-21)25(4,5)22-10-8-7-9-11-22/h6-11,14-17,19-20H,1,12-13,18H2,2-5H3. The Morgan fingerprint density at radius 1 is 0.962 bits per heavy atom. The molecule has 2 aromatic carbocycles. The molecule has 0 aliphatic rings. The predicted molar refractivity (Wildman–Crippen MR) is 112 cm³/mol. The molecule has 26 heavy (non-hydrogen) atoms. The minimum absolute atomic E-state index is 0.00257. The number of hydrogen-bond acceptors (Lipinski definition) is 1. The van der Waals surface area contributed by atoms with Gasteiger partial charge >= 0.3 is 0 Å². The van der Waals surface area contributed by atoms with Crippen LogP contribution in [0.15, 0.2) is 67.3 Å². The molecule has 0 aliphatic carbocycles. The first kappa shape index (κ1) is 20.2. The largest absolute Gasteiger partial charge is 0.295 e. The minimum Gasteiger partial charge on any atom is -0.295 e. The fourth-order valence-corrected chi connectivity index (χ4v) is 3.48. The Bertz CT molecular complexity index is 710. The van der Waals surface area contributed by atoms with E-state index < -0.39 is 0 Å². The monoisotopic (exact) mass is 348 g/mol. The van der Waals surface area contributed by atoms with Gasteiger partial charge in [-0.05, 0) is 47.4 Å². The number of benzene rings is 2. The molecule has 0 fully saturated rings. The topological polar surface area (TPSA) is 17.1 Å². The van der Waals surface area contributed by atoms with Crippen molar-refractivity contribution in [1.82, 2.24) is 0 Å². The zero-order valence-electron chi connectivity index (χ0n) is 16.7. The summed E-state index contributed by atoms with van der Waals surface area (Å²) in [6.07, 6.45) is 4.22. The number of allylic oxidation sites excluding steroid dienone is 1. The number of carbonyl (C=O) groups excluding carboxylic acids is 1. The van der Waals surface area contributed by atoms with E-state index in [1.807, 2.05) is 0 Å². The van der Waals surface area contributed by atoms with Gasteiger partial charge in [0.1, 0.15) is 0 Å². The first-order valence-electron chi connectivity index (χ1n) is 9.65. The fourth-order valence-electron chi connectivity index (χ4n) is 3.48. The summed E-state index contributed by atoms with van der Waals surface area (Å²) in [4.78, 5) is 11.5. The lowest BCUT2D eigenvalue weighted by Crippen LogP contribution is -2.18. The highest BCUT2D eigenvalue weighted by molar-refractivity contribution is 5.89. The lowest BCUT2D eigenvalue weighted by Gasteiger charge is -2.26. The molecule has 2 atom stereocenters. The zero-order chi connectivity index (χ0) is 19.2. The molecule has 1 heteroatoms. The van der Waals surface area contributed by atoms with Crippen molar-refractivity contribution in [2.24, 2.45) is 5.92 Å². The van der Waals surface area contributed by atoms with Gasteiger partial charge in [0, 0.05) is 11.8 Å². The highest BCUT2D eigenvalue weighted by Crippen LogP contribution is 2.33. The summed E-state index contributed by atoms with van der Waals surface area (Å²) in [5.74, 6) is 1.07. The van der Waals surface area contributed by atoms with Crippen LogP contribution in [0.4, 0.5) is 0 Å². The van der Waals surface area contributed by atoms with E-state index in [0.717, 1.165) is 12.8 Å². The summed E-state index contributed by atoms with van der Waals surface area (Å²) < 4.78 is 0. The third kappa shape index (κ3) is 5.17. The quantitative estimate of drug-likeness (QED) is 0.462. The first-order chi connectivity index (χ1) is 12.3. The SMILES string of the molecule is C=CC(=O)CC(C)CCC(C)c1ccc(C(C)(C)c2ccccc2)cc1. The zero-order valence-corrected chi connectivity index (χ0v) is 16.7. The second-order valence-electron chi connectivity index (χ2n) is 8.07. The summed E-state index contributed by atoms with van der Waals surface area (Å²) >= 11 is 0. The molecular formula is C25H32O. The number of rotatable bonds is 9. The van der Waals surface area contributed by atoms with Gasteiger partial charge < -0.3 is 0 Å². The molecule has 0 amide bonds. The summed E-state index contributed by atoms with van der Waals surface area (Å²) in [5.41, 5.74) is 4.05. The van der Waals surface area contributed by atoms with Gasteiger partial charge in [-0.15, -0.1) is 0 Å². The Hall–Kier alpha value is -2.15. The van der Waals surface area contributed by atoms with Crippen molar-refractivity contribution < 1.29 is 4.79 Å². The molecule has 2 aromatic rings. The van der Waals surface area contributed by atoms with Crippen LogP contribution < -0.4 is 0 Å². The molecule has 0 N–H and O–H groups in total. The third-order valence-corrected chi connectivity index (χ3v) is 5.57. The Kier molecular flexibility index (Phi) is 6.97. The average molecular weight is 349 g/mol. The smallest absolute Gasteiger partial charge is 0.155 e. The van der Waals surface area contributed by atoms with Crippen LogP contribution >= 0.6 is 0 Å². The molecule has 0 aliphatic heterocycles. The number of carbonyl (C=O) groups is 1. The molecule has 1 nitrogen and oxygen atoms in total. The highest BCUT2D eigenvalue weighted by atomic mass is 16.1. The van der Waals surface area contributed by atoms with Gasteiger partial charge in [-0.1, -0.05) is 88.9 Å². The lowest BCUT2D eigenvalue weighted by atomic mass is 9.77. The molecule has 0 saturated carbocycles. The predicted octanol–water partition coefficient (Wildman–Crippen LogP) is 6.68. The van der Waals surface area contributed by atoms with E-state index in [-0.39, 0.29) is 11.2 Å². The van der Waals surface area contributed by atoms with E-state index in [0.29, 0.717) is 18.3 Å². The van der Waals surface area contributed by atoms with Crippen molar-refractivity contribution >= 4 is 5.78 Å². The minimum atomic E-state index is 0.00257. The van der Waals surface area contributed by atoms with Crippen molar-refractivity contribution in [2.75, 3.05) is 0 Å². The second kappa shape index (κ2) is 8.98. The maximum atomic E-state index is 11.5. The van der Waals surface area contributed by atoms with Crippen molar-refractivity contribution in [2.45, 2.75) is 58.3 Å². The number of ketones is 1. The molecular weight excluding hydrogens is 316 g/mol. The van der Waals surface area contributed by atoms with Gasteiger partial charge in [-0.3, -0.25) is 4.79 Å². The third-order valence-electron chi connectivity index (χ3n) is 5.57. The number of hydrogen-bond donors (Lipinski definition) is 0. The molecule has 0 saturated heterocycles. The average Bonchev–Trinajstić information content (AvgIpc) is 2.66. The maximum Gasteiger partial charge on any atom is 0.155 e. The summed E-state index contributed by atoms with van der Waals surface area (Å²) in [7, 11) is 0. The van der Waals surface area contributed by atoms with Crippen LogP contribution in [0.5, 0.6) is 0 Å². The molecule has 138 valence electrons. The summed E-state index contributed by atoms with van der Waals surface area (Å²) in [6.45, 7) is 12.5. The van der Waals surface area contributed by atoms with E-state index in [1.165, 1.54) is 22.8 Å². The highest BCUT2D eigenvalue weighted by Gasteiger charge is 2.22. The molecule has 0 radical (unpaired) electrons. The molecule has 0 spiro atoms. The van der Waals surface area contributed by atoms with Gasteiger partial charge in [-0.2, -0.15) is 0 Å². The Balaban J connectivity index is 2.00. The summed E-state index contributed by atoms with van der Waals surface area (Å²) in [5, 5.41) is 0. The normalized spacial score (nSPS) is 13.8. The molecule has 0 aromatic heterocycles. The van der Waals surface area contributed by atoms with E-state index in [1.54, 1.807) is 0 Å². The second-order valence-corrected chi connectivity index (χ2v) is 8.07. The van der Waals surface area contributed by atoms with Crippen LogP contribution in [0.3, 0.4) is 0 Å². The maximum absolute atomic E-state index is 11.5. The Labute approximate surface area is 159 Å². The van der Waals surface area contributed by atoms with Crippen LogP contribution in [-0.4, -0.2) is 5.78 Å². The van der Waals surface area contributed by atoms with Crippen molar-refractivity contribution in [1.29, 1.82) is 0 Å². The van der Waals surface area contributed by atoms with Crippen LogP contribution in [0.1, 0.15) is 69.6 Å². The lowest BCUT2D eigenvalue weighted by molar-refractivity contribution is -0.115. The van der Waals surface area contributed by atoms with Crippen LogP contribution in [0, 0.1) is 5.92 Å². The Morgan fingerprint density at radius 3 is 2.12 bits per heavy atom. The van der Waals surface area contributed by atoms with Crippen LogP contribution in [0.25, 0.3) is 0 Å². The van der Waals surface area contributed by atoms with Gasteiger partial charge in [0.15, 0.2) is 5.78 Å². The van der Waals surface area contributed by atoms with Crippen molar-refractivity contribution in [3.63, 3.8) is 0 Å². The molecule has 0 bridgehead atoms. The van der Waals surface area contributed by atoms with E-state index in [4.69, 9.17) is 0 Å². The van der Waals surface area contributed by atoms with Gasteiger partial charge in [-0.25, -0.2) is 0 Å². The van der Waals surface area contributed by atoms with Gasteiger partial charge in [0.2, 0.25) is 0 Å². The van der Waals surface area contributed by atoms with Crippen molar-refractivity contribution in [3.05, 3.63) is 83.9 Å². The van der Waals surface area contributed by atoms with Gasteiger partial charge in [0.25, 0.3) is 0 Å². The molecule has 2 rings (SSSR count). The van der Waals surface area contributed by atoms with Crippen molar-refractivity contribution in [3.8, 4) is 0 Å². The van der Waals surface area contributed by atoms with E-state index >= 15 is 0 Å². The molecule has 0 heterocycles. The first-order valence-corrected chi connectivity index (χ1v) is 9.65. The Morgan fingerprint density at radius 2 is 1.54 bits per heavy atom. The van der Waals surface area contributed by atoms with Gasteiger partial charge in [0.05, 0.1) is 0 Å².